The molecule has 1 heterocycles. The van der Waals surface area contributed by atoms with E-state index in [0.717, 1.165) is 26.7 Å². The lowest BCUT2D eigenvalue weighted by Gasteiger charge is -2.08. The third kappa shape index (κ3) is 1.85. The minimum atomic E-state index is 0.349. The number of rotatable bonds is 1. The first-order valence-corrected chi connectivity index (χ1v) is 6.22. The highest BCUT2D eigenvalue weighted by Crippen LogP contribution is 2.37. The summed E-state index contributed by atoms with van der Waals surface area (Å²) in [6.07, 6.45) is 0. The number of aromatic hydroxyl groups is 1. The molecule has 0 atom stereocenters. The minimum absolute atomic E-state index is 0.349. The molecule has 0 saturated carbocycles. The van der Waals surface area contributed by atoms with Crippen molar-refractivity contribution in [3.63, 3.8) is 0 Å². The second kappa shape index (κ2) is 4.17. The van der Waals surface area contributed by atoms with Crippen molar-refractivity contribution in [2.24, 2.45) is 0 Å². The van der Waals surface area contributed by atoms with Gasteiger partial charge < -0.3 is 9.84 Å². The van der Waals surface area contributed by atoms with E-state index in [1.807, 2.05) is 36.4 Å². The molecule has 0 bridgehead atoms. The van der Waals surface area contributed by atoms with Crippen LogP contribution < -0.4 is 0 Å². The third-order valence-corrected chi connectivity index (χ3v) is 3.57. The van der Waals surface area contributed by atoms with Gasteiger partial charge in [0.25, 0.3) is 0 Å². The van der Waals surface area contributed by atoms with Gasteiger partial charge in [0.1, 0.15) is 5.75 Å². The summed E-state index contributed by atoms with van der Waals surface area (Å²) in [6.45, 7) is 1.11. The monoisotopic (exact) mass is 290 g/mol. The molecule has 0 fully saturated rings. The van der Waals surface area contributed by atoms with Crippen LogP contribution in [0.25, 0.3) is 11.1 Å². The molecule has 2 aromatic rings. The van der Waals surface area contributed by atoms with Crippen molar-refractivity contribution < 1.29 is 9.84 Å². The Bertz CT molecular complexity index is 561. The maximum Gasteiger partial charge on any atom is 0.129 e. The molecule has 1 aliphatic heterocycles. The van der Waals surface area contributed by atoms with Crippen LogP contribution in [0.2, 0.25) is 0 Å². The zero-order chi connectivity index (χ0) is 11.8. The van der Waals surface area contributed by atoms with Crippen LogP contribution >= 0.6 is 15.9 Å². The molecule has 3 heteroatoms. The van der Waals surface area contributed by atoms with Crippen LogP contribution in [0.4, 0.5) is 0 Å². The van der Waals surface area contributed by atoms with Gasteiger partial charge in [0.05, 0.1) is 13.2 Å². The average Bonchev–Trinajstić information content (AvgIpc) is 2.80. The Morgan fingerprint density at radius 1 is 1.00 bits per heavy atom. The number of halogens is 1. The van der Waals surface area contributed by atoms with Crippen LogP contribution in [0.15, 0.2) is 40.9 Å². The molecule has 0 amide bonds. The van der Waals surface area contributed by atoms with Gasteiger partial charge in [0, 0.05) is 15.6 Å². The van der Waals surface area contributed by atoms with Crippen LogP contribution in [0, 0.1) is 0 Å². The summed E-state index contributed by atoms with van der Waals surface area (Å²) in [5.74, 6) is 0.349. The predicted molar refractivity (Wildman–Crippen MR) is 69.7 cm³/mol. The molecule has 1 aliphatic rings. The van der Waals surface area contributed by atoms with E-state index < -0.39 is 0 Å². The summed E-state index contributed by atoms with van der Waals surface area (Å²) < 4.78 is 6.37. The van der Waals surface area contributed by atoms with E-state index in [0.29, 0.717) is 19.0 Å². The van der Waals surface area contributed by atoms with E-state index >= 15 is 0 Å². The molecule has 0 spiro atoms. The van der Waals surface area contributed by atoms with Crippen molar-refractivity contribution in [3.8, 4) is 16.9 Å². The molecular formula is C14H11BrO2. The maximum absolute atomic E-state index is 10.2. The minimum Gasteiger partial charge on any atom is -0.507 e. The fraction of sp³-hybridized carbons (Fsp3) is 0.143. The molecule has 1 N–H and O–H groups in total. The fourth-order valence-electron chi connectivity index (χ4n) is 2.10. The average molecular weight is 291 g/mol. The lowest BCUT2D eigenvalue weighted by Crippen LogP contribution is -1.87. The van der Waals surface area contributed by atoms with Crippen molar-refractivity contribution >= 4 is 15.9 Å². The first-order valence-electron chi connectivity index (χ1n) is 5.43. The van der Waals surface area contributed by atoms with Crippen LogP contribution in [-0.2, 0) is 18.0 Å². The zero-order valence-electron chi connectivity index (χ0n) is 9.11. The van der Waals surface area contributed by atoms with Gasteiger partial charge in [-0.15, -0.1) is 0 Å². The fourth-order valence-corrected chi connectivity index (χ4v) is 2.36. The van der Waals surface area contributed by atoms with Crippen LogP contribution in [0.5, 0.6) is 5.75 Å². The lowest BCUT2D eigenvalue weighted by atomic mass is 9.99. The number of fused-ring (bicyclic) bond motifs is 1. The smallest absolute Gasteiger partial charge is 0.129 e. The number of phenolic OH excluding ortho intramolecular Hbond substituents is 1. The van der Waals surface area contributed by atoms with Crippen LogP contribution in [0.1, 0.15) is 11.1 Å². The number of hydrogen-bond acceptors (Lipinski definition) is 2. The Kier molecular flexibility index (Phi) is 2.65. The molecule has 0 aromatic heterocycles. The summed E-state index contributed by atoms with van der Waals surface area (Å²) in [6, 6.07) is 11.9. The van der Waals surface area contributed by atoms with Crippen LogP contribution in [-0.4, -0.2) is 5.11 Å². The van der Waals surface area contributed by atoms with Gasteiger partial charge >= 0.3 is 0 Å². The van der Waals surface area contributed by atoms with Crippen molar-refractivity contribution in [1.82, 2.24) is 0 Å². The van der Waals surface area contributed by atoms with E-state index in [4.69, 9.17) is 4.74 Å². The van der Waals surface area contributed by atoms with E-state index in [2.05, 4.69) is 15.9 Å². The molecule has 0 radical (unpaired) electrons. The summed E-state index contributed by atoms with van der Waals surface area (Å²) in [5.41, 5.74) is 3.89. The number of hydrogen-bond donors (Lipinski definition) is 1. The Morgan fingerprint density at radius 3 is 2.53 bits per heavy atom. The van der Waals surface area contributed by atoms with Gasteiger partial charge in [-0.2, -0.15) is 0 Å². The van der Waals surface area contributed by atoms with E-state index in [1.54, 1.807) is 0 Å². The Hall–Kier alpha value is -1.32. The van der Waals surface area contributed by atoms with Gasteiger partial charge in [0.2, 0.25) is 0 Å². The molecule has 86 valence electrons. The van der Waals surface area contributed by atoms with Crippen molar-refractivity contribution in [3.05, 3.63) is 52.0 Å². The SMILES string of the molecule is Oc1c(-c2ccc(Br)cc2)ccc2c1COC2. The molecule has 0 aliphatic carbocycles. The summed E-state index contributed by atoms with van der Waals surface area (Å²) >= 11 is 3.40. The maximum atomic E-state index is 10.2. The molecular weight excluding hydrogens is 280 g/mol. The summed E-state index contributed by atoms with van der Waals surface area (Å²) in [7, 11) is 0. The molecule has 2 nitrogen and oxygen atoms in total. The molecule has 17 heavy (non-hydrogen) atoms. The summed E-state index contributed by atoms with van der Waals surface area (Å²) in [5, 5.41) is 10.2. The number of benzene rings is 2. The van der Waals surface area contributed by atoms with Gasteiger partial charge in [-0.3, -0.25) is 0 Å². The van der Waals surface area contributed by atoms with E-state index in [9.17, 15) is 5.11 Å². The second-order valence-electron chi connectivity index (χ2n) is 4.10. The van der Waals surface area contributed by atoms with Gasteiger partial charge in [-0.25, -0.2) is 0 Å². The molecule has 2 aromatic carbocycles. The number of phenols is 1. The van der Waals surface area contributed by atoms with Crippen LogP contribution in [0.3, 0.4) is 0 Å². The van der Waals surface area contributed by atoms with E-state index in [1.165, 1.54) is 0 Å². The Balaban J connectivity index is 2.12. The first-order chi connectivity index (χ1) is 8.25. The van der Waals surface area contributed by atoms with Gasteiger partial charge in [-0.1, -0.05) is 40.2 Å². The van der Waals surface area contributed by atoms with Crippen molar-refractivity contribution in [1.29, 1.82) is 0 Å². The topological polar surface area (TPSA) is 29.5 Å². The predicted octanol–water partition coefficient (Wildman–Crippen LogP) is 3.85. The second-order valence-corrected chi connectivity index (χ2v) is 5.01. The Labute approximate surface area is 108 Å². The molecule has 3 rings (SSSR count). The van der Waals surface area contributed by atoms with Crippen molar-refractivity contribution in [2.75, 3.05) is 0 Å². The normalized spacial score (nSPS) is 13.7. The molecule has 0 saturated heterocycles. The molecule has 0 unspecified atom stereocenters. The highest BCUT2D eigenvalue weighted by molar-refractivity contribution is 9.10. The lowest BCUT2D eigenvalue weighted by molar-refractivity contribution is 0.133. The summed E-state index contributed by atoms with van der Waals surface area (Å²) in [4.78, 5) is 0. The highest BCUT2D eigenvalue weighted by Gasteiger charge is 2.18. The number of ether oxygens (including phenoxy) is 1. The Morgan fingerprint density at radius 2 is 1.76 bits per heavy atom. The third-order valence-electron chi connectivity index (χ3n) is 3.04. The standard InChI is InChI=1S/C14H11BrO2/c15-11-4-1-9(2-5-11)12-6-3-10-7-17-8-13(10)14(12)16/h1-6,16H,7-8H2. The van der Waals surface area contributed by atoms with Gasteiger partial charge in [-0.05, 0) is 23.3 Å². The quantitative estimate of drug-likeness (QED) is 0.864. The van der Waals surface area contributed by atoms with Gasteiger partial charge in [0.15, 0.2) is 0 Å². The zero-order valence-corrected chi connectivity index (χ0v) is 10.7. The van der Waals surface area contributed by atoms with Crippen molar-refractivity contribution in [2.45, 2.75) is 13.2 Å². The first kappa shape index (κ1) is 10.8. The highest BCUT2D eigenvalue weighted by atomic mass is 79.9. The van der Waals surface area contributed by atoms with E-state index in [-0.39, 0.29) is 0 Å². The largest absolute Gasteiger partial charge is 0.507 e.